The fraction of sp³-hybridized carbons (Fsp3) is 0.917. The van der Waals surface area contributed by atoms with Gasteiger partial charge in [0.2, 0.25) is 0 Å². The molecule has 0 aliphatic heterocycles. The molecule has 29 heavy (non-hydrogen) atoms. The van der Waals surface area contributed by atoms with E-state index in [4.69, 9.17) is 9.47 Å². The molecule has 5 fully saturated rings. The second-order valence-corrected chi connectivity index (χ2v) is 10.9. The maximum absolute atomic E-state index is 15.7. The van der Waals surface area contributed by atoms with Crippen LogP contribution in [0.25, 0.3) is 0 Å². The highest BCUT2D eigenvalue weighted by molar-refractivity contribution is 5.33. The van der Waals surface area contributed by atoms with E-state index in [1.807, 2.05) is 0 Å². The lowest BCUT2D eigenvalue weighted by Crippen LogP contribution is -2.59. The lowest BCUT2D eigenvalue weighted by atomic mass is 9.39. The molecular formula is C24H36F2O3. The predicted octanol–water partition coefficient (Wildman–Crippen LogP) is 5.96. The first-order valence-corrected chi connectivity index (χ1v) is 11.8. The van der Waals surface area contributed by atoms with Crippen LogP contribution >= 0.6 is 0 Å². The Labute approximate surface area is 173 Å². The molecule has 7 aliphatic rings. The van der Waals surface area contributed by atoms with Gasteiger partial charge in [0.05, 0.1) is 6.10 Å². The van der Waals surface area contributed by atoms with E-state index in [1.54, 1.807) is 0 Å². The van der Waals surface area contributed by atoms with E-state index in [9.17, 15) is 5.11 Å². The van der Waals surface area contributed by atoms with Gasteiger partial charge in [0.15, 0.2) is 5.83 Å². The Morgan fingerprint density at radius 1 is 0.828 bits per heavy atom. The van der Waals surface area contributed by atoms with E-state index < -0.39 is 22.7 Å². The summed E-state index contributed by atoms with van der Waals surface area (Å²) in [5, 5.41) is 9.90. The quantitative estimate of drug-likeness (QED) is 0.568. The third kappa shape index (κ3) is 2.75. The molecule has 7 rings (SSSR count). The Morgan fingerprint density at radius 2 is 1.41 bits per heavy atom. The average molecular weight is 411 g/mol. The van der Waals surface area contributed by atoms with Gasteiger partial charge >= 0.3 is 0 Å². The summed E-state index contributed by atoms with van der Waals surface area (Å²) in [4.78, 5) is 0. The molecule has 3 nitrogen and oxygen atoms in total. The summed E-state index contributed by atoms with van der Waals surface area (Å²) >= 11 is 0. The van der Waals surface area contributed by atoms with Crippen molar-refractivity contribution in [1.82, 2.24) is 0 Å². The normalized spacial score (nSPS) is 49.7. The molecule has 0 radical (unpaired) electrons. The van der Waals surface area contributed by atoms with Crippen LogP contribution in [-0.2, 0) is 9.47 Å². The largest absolute Gasteiger partial charge is 0.393 e. The topological polar surface area (TPSA) is 38.7 Å². The maximum Gasteiger partial charge on any atom is 0.164 e. The molecular weight excluding hydrogens is 374 g/mol. The zero-order valence-corrected chi connectivity index (χ0v) is 17.8. The zero-order valence-electron chi connectivity index (χ0n) is 17.8. The van der Waals surface area contributed by atoms with Crippen molar-refractivity contribution in [2.45, 2.75) is 102 Å². The number of halogens is 2. The third-order valence-corrected chi connectivity index (χ3v) is 10.3. The average Bonchev–Trinajstić information content (AvgIpc) is 2.78. The van der Waals surface area contributed by atoms with E-state index in [-0.39, 0.29) is 18.3 Å². The van der Waals surface area contributed by atoms with Gasteiger partial charge in [-0.3, -0.25) is 0 Å². The molecule has 0 saturated heterocycles. The van der Waals surface area contributed by atoms with Crippen LogP contribution in [0.3, 0.4) is 0 Å². The number of fused-ring (bicyclic) bond motifs is 5. The summed E-state index contributed by atoms with van der Waals surface area (Å²) in [5.74, 6) is -0.405. The summed E-state index contributed by atoms with van der Waals surface area (Å²) in [6.07, 6.45) is 13.2. The van der Waals surface area contributed by atoms with Gasteiger partial charge in [0.25, 0.3) is 0 Å². The number of rotatable bonds is 5. The Hall–Kier alpha value is -0.520. The van der Waals surface area contributed by atoms with E-state index in [0.717, 1.165) is 64.2 Å². The summed E-state index contributed by atoms with van der Waals surface area (Å²) in [7, 11) is 1.52. The van der Waals surface area contributed by atoms with E-state index in [0.29, 0.717) is 37.0 Å². The monoisotopic (exact) mass is 410 g/mol. The lowest BCUT2D eigenvalue weighted by Gasteiger charge is -2.66. The van der Waals surface area contributed by atoms with Crippen molar-refractivity contribution < 1.29 is 23.4 Å². The van der Waals surface area contributed by atoms with Crippen molar-refractivity contribution in [2.24, 2.45) is 22.2 Å². The van der Waals surface area contributed by atoms with Gasteiger partial charge in [-0.1, -0.05) is 0 Å². The van der Waals surface area contributed by atoms with Crippen LogP contribution < -0.4 is 0 Å². The van der Waals surface area contributed by atoms with Gasteiger partial charge < -0.3 is 14.6 Å². The summed E-state index contributed by atoms with van der Waals surface area (Å²) in [6.45, 7) is 0.0114. The SMILES string of the molecule is COCOC12CCC(C34CCC(C5CCC(O)CC5)(CC3)CC4)(CC1)C(F)=C2F. The van der Waals surface area contributed by atoms with Crippen LogP contribution in [0.2, 0.25) is 0 Å². The number of methoxy groups -OCH3 is 1. The molecule has 0 aromatic heterocycles. The van der Waals surface area contributed by atoms with Crippen LogP contribution in [0.15, 0.2) is 11.7 Å². The third-order valence-electron chi connectivity index (χ3n) is 10.3. The number of aliphatic hydroxyl groups is 1. The molecule has 0 amide bonds. The Kier molecular flexibility index (Phi) is 4.92. The van der Waals surface area contributed by atoms with Crippen molar-refractivity contribution in [3.63, 3.8) is 0 Å². The maximum atomic E-state index is 15.7. The Balaban J connectivity index is 1.38. The van der Waals surface area contributed by atoms with Gasteiger partial charge in [-0.2, -0.15) is 0 Å². The Bertz CT molecular complexity index is 647. The number of hydrogen-bond acceptors (Lipinski definition) is 3. The zero-order chi connectivity index (χ0) is 20.3. The van der Waals surface area contributed by atoms with Crippen molar-refractivity contribution in [3.05, 3.63) is 11.7 Å². The molecule has 164 valence electrons. The van der Waals surface area contributed by atoms with E-state index in [1.165, 1.54) is 7.11 Å². The Morgan fingerprint density at radius 3 is 1.97 bits per heavy atom. The van der Waals surface area contributed by atoms with Crippen molar-refractivity contribution in [3.8, 4) is 0 Å². The second-order valence-electron chi connectivity index (χ2n) is 10.9. The minimum Gasteiger partial charge on any atom is -0.393 e. The standard InChI is InChI=1S/C24H36F2O3/c1-28-16-29-24-14-12-23(13-15-24,19(25)20(24)26)22-9-6-21(7-10-22,8-11-22)17-2-4-18(27)5-3-17/h17-18,27H,2-16H2,1H3. The predicted molar refractivity (Wildman–Crippen MR) is 106 cm³/mol. The molecule has 1 N–H and O–H groups in total. The van der Waals surface area contributed by atoms with Gasteiger partial charge in [-0.05, 0) is 107 Å². The minimum absolute atomic E-state index is 0.0114. The first-order chi connectivity index (χ1) is 13.9. The number of hydrogen-bond donors (Lipinski definition) is 1. The van der Waals surface area contributed by atoms with Crippen LogP contribution in [0.5, 0.6) is 0 Å². The number of ether oxygens (including phenoxy) is 2. The fourth-order valence-electron chi connectivity index (χ4n) is 8.31. The van der Waals surface area contributed by atoms with E-state index in [2.05, 4.69) is 0 Å². The van der Waals surface area contributed by atoms with Gasteiger partial charge in [0, 0.05) is 12.5 Å². The highest BCUT2D eigenvalue weighted by Gasteiger charge is 2.67. The first-order valence-electron chi connectivity index (χ1n) is 11.8. The van der Waals surface area contributed by atoms with E-state index >= 15 is 8.78 Å². The summed E-state index contributed by atoms with van der Waals surface area (Å²) in [5.41, 5.74) is -1.37. The molecule has 0 aromatic rings. The molecule has 5 heteroatoms. The first kappa shape index (κ1) is 20.4. The molecule has 7 aliphatic carbocycles. The molecule has 0 aromatic carbocycles. The van der Waals surface area contributed by atoms with Crippen LogP contribution in [0.4, 0.5) is 8.78 Å². The second kappa shape index (κ2) is 7.00. The van der Waals surface area contributed by atoms with Crippen molar-refractivity contribution >= 4 is 0 Å². The van der Waals surface area contributed by atoms with Gasteiger partial charge in [-0.15, -0.1) is 0 Å². The summed E-state index contributed by atoms with van der Waals surface area (Å²) in [6, 6.07) is 0. The molecule has 0 heterocycles. The van der Waals surface area contributed by atoms with Crippen LogP contribution in [-0.4, -0.2) is 30.7 Å². The van der Waals surface area contributed by atoms with Gasteiger partial charge in [0.1, 0.15) is 18.2 Å². The van der Waals surface area contributed by atoms with Crippen molar-refractivity contribution in [2.75, 3.05) is 13.9 Å². The lowest BCUT2D eigenvalue weighted by molar-refractivity contribution is -0.194. The number of aliphatic hydroxyl groups excluding tert-OH is 1. The van der Waals surface area contributed by atoms with Gasteiger partial charge in [-0.25, -0.2) is 8.78 Å². The molecule has 4 bridgehead atoms. The molecule has 0 spiro atoms. The molecule has 5 saturated carbocycles. The molecule has 0 unspecified atom stereocenters. The highest BCUT2D eigenvalue weighted by Crippen LogP contribution is 2.74. The van der Waals surface area contributed by atoms with Crippen molar-refractivity contribution in [1.29, 1.82) is 0 Å². The highest BCUT2D eigenvalue weighted by atomic mass is 19.2. The van der Waals surface area contributed by atoms with Crippen LogP contribution in [0, 0.1) is 22.2 Å². The minimum atomic E-state index is -1.09. The summed E-state index contributed by atoms with van der Waals surface area (Å²) < 4.78 is 41.6. The smallest absolute Gasteiger partial charge is 0.164 e. The van der Waals surface area contributed by atoms with Crippen LogP contribution in [0.1, 0.15) is 89.9 Å². The fourth-order valence-corrected chi connectivity index (χ4v) is 8.31. The number of allylic oxidation sites excluding steroid dienone is 1. The molecule has 0 atom stereocenters.